The van der Waals surface area contributed by atoms with Crippen molar-refractivity contribution in [1.82, 2.24) is 5.32 Å². The van der Waals surface area contributed by atoms with E-state index in [1.807, 2.05) is 18.8 Å². The van der Waals surface area contributed by atoms with Gasteiger partial charge in [0.1, 0.15) is 0 Å². The second-order valence-corrected chi connectivity index (χ2v) is 6.46. The van der Waals surface area contributed by atoms with Crippen molar-refractivity contribution >= 4 is 27.7 Å². The molecule has 0 bridgehead atoms. The Morgan fingerprint density at radius 3 is 2.53 bits per heavy atom. The molecular weight excluding hydrogens is 298 g/mol. The molecule has 4 heteroatoms. The minimum atomic E-state index is -0.139. The highest BCUT2D eigenvalue weighted by molar-refractivity contribution is 9.10. The van der Waals surface area contributed by atoms with E-state index in [1.54, 1.807) is 0 Å². The maximum Gasteiger partial charge on any atom is 0.0610 e. The van der Waals surface area contributed by atoms with Gasteiger partial charge in [0.2, 0.25) is 0 Å². The lowest BCUT2D eigenvalue weighted by Gasteiger charge is -2.26. The molecule has 0 aliphatic carbocycles. The molecule has 1 atom stereocenters. The third kappa shape index (κ3) is 5.42. The number of hydrogen-bond donors (Lipinski definition) is 2. The van der Waals surface area contributed by atoms with Gasteiger partial charge in [0.15, 0.2) is 0 Å². The summed E-state index contributed by atoms with van der Waals surface area (Å²) in [5.41, 5.74) is -0.139. The van der Waals surface area contributed by atoms with Gasteiger partial charge in [-0.25, -0.2) is 0 Å². The number of rotatable bonds is 7. The highest BCUT2D eigenvalue weighted by atomic mass is 79.9. The van der Waals surface area contributed by atoms with Crippen molar-refractivity contribution in [2.45, 2.75) is 30.2 Å². The summed E-state index contributed by atoms with van der Waals surface area (Å²) in [4.78, 5) is 1.29. The number of thioether (sulfide) groups is 1. The fourth-order valence-electron chi connectivity index (χ4n) is 1.47. The predicted molar refractivity (Wildman–Crippen MR) is 78.7 cm³/mol. The third-order valence-electron chi connectivity index (χ3n) is 2.91. The molecule has 1 aromatic carbocycles. The van der Waals surface area contributed by atoms with Crippen LogP contribution in [0.1, 0.15) is 19.8 Å². The summed E-state index contributed by atoms with van der Waals surface area (Å²) in [6.45, 7) is 2.24. The van der Waals surface area contributed by atoms with Crippen molar-refractivity contribution in [3.05, 3.63) is 28.7 Å². The van der Waals surface area contributed by atoms with Gasteiger partial charge in [-0.05, 0) is 56.8 Å². The Morgan fingerprint density at radius 2 is 2.00 bits per heavy atom. The smallest absolute Gasteiger partial charge is 0.0610 e. The first kappa shape index (κ1) is 15.0. The number of aliphatic hydroxyl groups excluding tert-OH is 1. The summed E-state index contributed by atoms with van der Waals surface area (Å²) in [5, 5.41) is 12.4. The third-order valence-corrected chi connectivity index (χ3v) is 4.53. The first-order chi connectivity index (χ1) is 8.09. The number of hydrogen-bond acceptors (Lipinski definition) is 3. The van der Waals surface area contributed by atoms with E-state index < -0.39 is 0 Å². The van der Waals surface area contributed by atoms with Crippen LogP contribution in [0.4, 0.5) is 0 Å². The average Bonchev–Trinajstić information content (AvgIpc) is 2.36. The van der Waals surface area contributed by atoms with E-state index in [0.29, 0.717) is 0 Å². The van der Waals surface area contributed by atoms with E-state index in [0.717, 1.165) is 23.1 Å². The first-order valence-corrected chi connectivity index (χ1v) is 7.56. The Labute approximate surface area is 116 Å². The van der Waals surface area contributed by atoms with Crippen LogP contribution >= 0.6 is 27.7 Å². The quantitative estimate of drug-likeness (QED) is 0.598. The summed E-state index contributed by atoms with van der Waals surface area (Å²) < 4.78 is 1.12. The van der Waals surface area contributed by atoms with Crippen LogP contribution in [0.2, 0.25) is 0 Å². The summed E-state index contributed by atoms with van der Waals surface area (Å²) in [7, 11) is 1.90. The summed E-state index contributed by atoms with van der Waals surface area (Å²) in [6.07, 6.45) is 2.09. The Balaban J connectivity index is 2.26. The van der Waals surface area contributed by atoms with Gasteiger partial charge in [0.05, 0.1) is 6.61 Å². The van der Waals surface area contributed by atoms with Crippen LogP contribution < -0.4 is 5.32 Å². The molecule has 96 valence electrons. The molecule has 1 aromatic rings. The van der Waals surface area contributed by atoms with Crippen molar-refractivity contribution < 1.29 is 5.11 Å². The van der Waals surface area contributed by atoms with E-state index in [1.165, 1.54) is 4.90 Å². The van der Waals surface area contributed by atoms with Crippen molar-refractivity contribution in [3.8, 4) is 0 Å². The maximum absolute atomic E-state index is 9.26. The molecule has 0 heterocycles. The van der Waals surface area contributed by atoms with Gasteiger partial charge >= 0.3 is 0 Å². The molecule has 0 fully saturated rings. The Morgan fingerprint density at radius 1 is 1.35 bits per heavy atom. The molecule has 1 unspecified atom stereocenters. The molecule has 0 radical (unpaired) electrons. The van der Waals surface area contributed by atoms with E-state index in [9.17, 15) is 5.11 Å². The van der Waals surface area contributed by atoms with Crippen molar-refractivity contribution in [3.63, 3.8) is 0 Å². The van der Waals surface area contributed by atoms with Crippen molar-refractivity contribution in [1.29, 1.82) is 0 Å². The summed E-state index contributed by atoms with van der Waals surface area (Å²) >= 11 is 5.29. The Hall–Kier alpha value is -0.0300. The van der Waals surface area contributed by atoms with Gasteiger partial charge in [-0.15, -0.1) is 11.8 Å². The molecule has 17 heavy (non-hydrogen) atoms. The highest BCUT2D eigenvalue weighted by Crippen LogP contribution is 2.23. The molecule has 0 saturated heterocycles. The minimum absolute atomic E-state index is 0.139. The number of likely N-dealkylation sites (N-methyl/N-ethyl adjacent to an activating group) is 1. The molecular formula is C13H20BrNOS. The largest absolute Gasteiger partial charge is 0.394 e. The standard InChI is InChI=1S/C13H20BrNOS/c1-13(10-16,15-2)8-3-9-17-12-6-4-11(14)5-7-12/h4-7,15-16H,3,8-10H2,1-2H3. The van der Waals surface area contributed by atoms with E-state index in [4.69, 9.17) is 0 Å². The first-order valence-electron chi connectivity index (χ1n) is 5.78. The molecule has 0 saturated carbocycles. The van der Waals surface area contributed by atoms with Gasteiger partial charge in [0, 0.05) is 14.9 Å². The Kier molecular flexibility index (Phi) is 6.55. The van der Waals surface area contributed by atoms with Gasteiger partial charge in [0.25, 0.3) is 0 Å². The van der Waals surface area contributed by atoms with Crippen LogP contribution in [0.3, 0.4) is 0 Å². The second-order valence-electron chi connectivity index (χ2n) is 4.37. The molecule has 0 amide bonds. The minimum Gasteiger partial charge on any atom is -0.394 e. The average molecular weight is 318 g/mol. The maximum atomic E-state index is 9.26. The van der Waals surface area contributed by atoms with Gasteiger partial charge < -0.3 is 10.4 Å². The number of nitrogens with one attached hydrogen (secondary N) is 1. The van der Waals surface area contributed by atoms with Crippen LogP contribution in [0.25, 0.3) is 0 Å². The fourth-order valence-corrected chi connectivity index (χ4v) is 2.58. The van der Waals surface area contributed by atoms with Crippen LogP contribution in [0.15, 0.2) is 33.6 Å². The lowest BCUT2D eigenvalue weighted by atomic mass is 9.98. The lowest BCUT2D eigenvalue weighted by Crippen LogP contribution is -2.43. The van der Waals surface area contributed by atoms with Crippen LogP contribution in [0, 0.1) is 0 Å². The van der Waals surface area contributed by atoms with E-state index in [2.05, 4.69) is 52.4 Å². The normalized spacial score (nSPS) is 14.6. The topological polar surface area (TPSA) is 32.3 Å². The zero-order valence-corrected chi connectivity index (χ0v) is 12.8. The number of aliphatic hydroxyl groups is 1. The summed E-state index contributed by atoms with van der Waals surface area (Å²) in [5.74, 6) is 1.08. The van der Waals surface area contributed by atoms with Crippen LogP contribution in [0.5, 0.6) is 0 Å². The second kappa shape index (κ2) is 7.41. The zero-order chi connectivity index (χ0) is 12.7. The number of benzene rings is 1. The molecule has 0 aliphatic rings. The van der Waals surface area contributed by atoms with Crippen molar-refractivity contribution in [2.24, 2.45) is 0 Å². The lowest BCUT2D eigenvalue weighted by molar-refractivity contribution is 0.173. The highest BCUT2D eigenvalue weighted by Gasteiger charge is 2.19. The summed E-state index contributed by atoms with van der Waals surface area (Å²) in [6, 6.07) is 8.37. The van der Waals surface area contributed by atoms with Crippen molar-refractivity contribution in [2.75, 3.05) is 19.4 Å². The van der Waals surface area contributed by atoms with Crippen LogP contribution in [-0.2, 0) is 0 Å². The number of halogens is 1. The Bertz CT molecular complexity index is 325. The van der Waals surface area contributed by atoms with E-state index in [-0.39, 0.29) is 12.1 Å². The SMILES string of the molecule is CNC(C)(CO)CCCSc1ccc(Br)cc1. The molecule has 0 aliphatic heterocycles. The zero-order valence-electron chi connectivity index (χ0n) is 10.4. The molecule has 0 aromatic heterocycles. The molecule has 2 N–H and O–H groups in total. The monoisotopic (exact) mass is 317 g/mol. The fraction of sp³-hybridized carbons (Fsp3) is 0.538. The van der Waals surface area contributed by atoms with Gasteiger partial charge in [-0.1, -0.05) is 15.9 Å². The molecule has 0 spiro atoms. The molecule has 2 nitrogen and oxygen atoms in total. The predicted octanol–water partition coefficient (Wildman–Crippen LogP) is 3.29. The van der Waals surface area contributed by atoms with Gasteiger partial charge in [-0.2, -0.15) is 0 Å². The molecule has 1 rings (SSSR count). The van der Waals surface area contributed by atoms with E-state index >= 15 is 0 Å². The van der Waals surface area contributed by atoms with Crippen LogP contribution in [-0.4, -0.2) is 30.1 Å². The van der Waals surface area contributed by atoms with Gasteiger partial charge in [-0.3, -0.25) is 0 Å².